The average Bonchev–Trinajstić information content (AvgIpc) is 2.65. The first-order valence-corrected chi connectivity index (χ1v) is 11.4. The van der Waals surface area contributed by atoms with E-state index >= 15 is 0 Å². The number of esters is 2. The third-order valence-corrected chi connectivity index (χ3v) is 4.80. The largest absolute Gasteiger partial charge is 0.472 e. The summed E-state index contributed by atoms with van der Waals surface area (Å²) in [5.41, 5.74) is 0.459. The molecule has 0 bridgehead atoms. The molecule has 0 aromatic heterocycles. The average molecular weight is 434 g/mol. The highest BCUT2D eigenvalue weighted by molar-refractivity contribution is 7.47. The Morgan fingerprint density at radius 2 is 1.21 bits per heavy atom. The fourth-order valence-electron chi connectivity index (χ4n) is 2.11. The van der Waals surface area contributed by atoms with Crippen LogP contribution in [-0.2, 0) is 32.7 Å². The third-order valence-electron chi connectivity index (χ3n) is 3.85. The van der Waals surface area contributed by atoms with Gasteiger partial charge in [-0.2, -0.15) is 0 Å². The van der Waals surface area contributed by atoms with Crippen molar-refractivity contribution in [1.82, 2.24) is 0 Å². The molecule has 9 heteroatoms. The molecule has 0 heterocycles. The number of unbranched alkanes of at least 4 members (excludes halogenated alkanes) is 2. The molecule has 8 nitrogen and oxygen atoms in total. The fraction of sp³-hybridized carbons (Fsp3) is 0.700. The maximum atomic E-state index is 12.2. The minimum absolute atomic E-state index is 0.230. The monoisotopic (exact) mass is 434 g/mol. The molecule has 0 aliphatic heterocycles. The highest BCUT2D eigenvalue weighted by Crippen LogP contribution is 2.44. The van der Waals surface area contributed by atoms with Crippen LogP contribution in [0.25, 0.3) is 0 Å². The second kappa shape index (κ2) is 14.5. The van der Waals surface area contributed by atoms with Crippen LogP contribution in [-0.4, -0.2) is 42.3 Å². The summed E-state index contributed by atoms with van der Waals surface area (Å²) >= 11 is 0. The number of phosphoric ester groups is 1. The molecule has 0 aliphatic carbocycles. The molecule has 1 N–H and O–H groups in total. The number of hydrogen-bond donors (Lipinski definition) is 1. The Labute approximate surface area is 173 Å². The first-order chi connectivity index (χ1) is 13.5. The summed E-state index contributed by atoms with van der Waals surface area (Å²) in [6.45, 7) is 13.4. The van der Waals surface area contributed by atoms with Crippen LogP contribution in [0.2, 0.25) is 0 Å². The maximum Gasteiger partial charge on any atom is 0.472 e. The Kier molecular flexibility index (Phi) is 13.8. The zero-order valence-corrected chi connectivity index (χ0v) is 18.9. The summed E-state index contributed by atoms with van der Waals surface area (Å²) in [6.07, 6.45) is 2.80. The van der Waals surface area contributed by atoms with E-state index in [1.807, 2.05) is 13.8 Å². The highest BCUT2D eigenvalue weighted by Gasteiger charge is 2.27. The lowest BCUT2D eigenvalue weighted by atomic mass is 10.2. The zero-order valence-electron chi connectivity index (χ0n) is 18.0. The molecule has 29 heavy (non-hydrogen) atoms. The lowest BCUT2D eigenvalue weighted by Gasteiger charge is -2.22. The van der Waals surface area contributed by atoms with Crippen LogP contribution in [0.4, 0.5) is 0 Å². The molecule has 0 aromatic rings. The van der Waals surface area contributed by atoms with Crippen LogP contribution in [0.3, 0.4) is 0 Å². The van der Waals surface area contributed by atoms with Gasteiger partial charge in [0.05, 0.1) is 13.2 Å². The standard InChI is InChI=1S/C20H35O8P/c1-7-9-11-17(27-19(21)15(3)4)13-25-29(23,24)26-14-18(12-10-8-2)28-20(22)16(5)6/h17-18H,3,5,7-14H2,1-2,4,6H3,(H,23,24). The van der Waals surface area contributed by atoms with Gasteiger partial charge in [-0.1, -0.05) is 39.8 Å². The van der Waals surface area contributed by atoms with Crippen LogP contribution in [0.5, 0.6) is 0 Å². The molecule has 2 atom stereocenters. The van der Waals surface area contributed by atoms with Crippen molar-refractivity contribution in [2.75, 3.05) is 13.2 Å². The number of phosphoric acid groups is 1. The second-order valence-corrected chi connectivity index (χ2v) is 8.41. The summed E-state index contributed by atoms with van der Waals surface area (Å²) in [5.74, 6) is -1.18. The van der Waals surface area contributed by atoms with Gasteiger partial charge in [-0.05, 0) is 39.5 Å². The Hall–Kier alpha value is -1.47. The van der Waals surface area contributed by atoms with Crippen LogP contribution >= 0.6 is 7.82 Å². The molecule has 168 valence electrons. The van der Waals surface area contributed by atoms with Gasteiger partial charge in [0.1, 0.15) is 12.2 Å². The van der Waals surface area contributed by atoms with Crippen LogP contribution in [0, 0.1) is 0 Å². The van der Waals surface area contributed by atoms with Crippen molar-refractivity contribution in [1.29, 1.82) is 0 Å². The first kappa shape index (κ1) is 27.5. The SMILES string of the molecule is C=C(C)C(=O)OC(CCCC)COP(=O)(O)OCC(CCCC)OC(=O)C(=C)C. The van der Waals surface area contributed by atoms with E-state index < -0.39 is 32.0 Å². The normalized spacial score (nSPS) is 15.1. The van der Waals surface area contributed by atoms with E-state index in [1.54, 1.807) is 0 Å². The van der Waals surface area contributed by atoms with Gasteiger partial charge >= 0.3 is 19.8 Å². The molecule has 0 saturated heterocycles. The molecule has 0 spiro atoms. The molecule has 0 aromatic carbocycles. The Morgan fingerprint density at radius 1 is 0.862 bits per heavy atom. The fourth-order valence-corrected chi connectivity index (χ4v) is 2.90. The summed E-state index contributed by atoms with van der Waals surface area (Å²) in [6, 6.07) is 0. The Bertz CT molecular complexity index is 553. The quantitative estimate of drug-likeness (QED) is 0.215. The molecule has 0 saturated carbocycles. The summed E-state index contributed by atoms with van der Waals surface area (Å²) in [4.78, 5) is 33.4. The van der Waals surface area contributed by atoms with Crippen molar-refractivity contribution in [2.45, 2.75) is 78.4 Å². The smallest absolute Gasteiger partial charge is 0.457 e. The maximum absolute atomic E-state index is 12.2. The lowest BCUT2D eigenvalue weighted by Crippen LogP contribution is -2.25. The second-order valence-electron chi connectivity index (χ2n) is 6.96. The zero-order chi connectivity index (χ0) is 22.4. The van der Waals surface area contributed by atoms with Crippen molar-refractivity contribution < 1.29 is 37.6 Å². The number of hydrogen-bond acceptors (Lipinski definition) is 7. The van der Waals surface area contributed by atoms with Gasteiger partial charge in [0, 0.05) is 11.1 Å². The topological polar surface area (TPSA) is 108 Å². The molecular formula is C20H35O8P. The number of ether oxygens (including phenoxy) is 2. The van der Waals surface area contributed by atoms with Crippen molar-refractivity contribution >= 4 is 19.8 Å². The molecule has 0 aliphatic rings. The van der Waals surface area contributed by atoms with E-state index in [1.165, 1.54) is 13.8 Å². The first-order valence-electron chi connectivity index (χ1n) is 9.87. The molecular weight excluding hydrogens is 399 g/mol. The van der Waals surface area contributed by atoms with Gasteiger partial charge < -0.3 is 14.4 Å². The highest BCUT2D eigenvalue weighted by atomic mass is 31.2. The van der Waals surface area contributed by atoms with Gasteiger partial charge in [-0.15, -0.1) is 0 Å². The molecule has 0 amide bonds. The van der Waals surface area contributed by atoms with E-state index in [2.05, 4.69) is 13.2 Å². The van der Waals surface area contributed by atoms with E-state index in [9.17, 15) is 19.0 Å². The predicted molar refractivity (Wildman–Crippen MR) is 110 cm³/mol. The van der Waals surface area contributed by atoms with E-state index in [0.29, 0.717) is 12.8 Å². The molecule has 0 rings (SSSR count). The van der Waals surface area contributed by atoms with Crippen molar-refractivity contribution in [3.8, 4) is 0 Å². The number of carbonyl (C=O) groups is 2. The van der Waals surface area contributed by atoms with Crippen LogP contribution in [0.1, 0.15) is 66.2 Å². The van der Waals surface area contributed by atoms with Crippen molar-refractivity contribution in [3.05, 3.63) is 24.3 Å². The Morgan fingerprint density at radius 3 is 1.48 bits per heavy atom. The summed E-state index contributed by atoms with van der Waals surface area (Å²) in [5, 5.41) is 0. The van der Waals surface area contributed by atoms with Crippen molar-refractivity contribution in [2.24, 2.45) is 0 Å². The number of rotatable bonds is 16. The van der Waals surface area contributed by atoms with Gasteiger partial charge in [0.15, 0.2) is 0 Å². The molecule has 2 unspecified atom stereocenters. The molecule has 0 radical (unpaired) electrons. The Balaban J connectivity index is 4.78. The van der Waals surface area contributed by atoms with Gasteiger partial charge in [0.2, 0.25) is 0 Å². The number of carbonyl (C=O) groups excluding carboxylic acids is 2. The summed E-state index contributed by atoms with van der Waals surface area (Å²) in [7, 11) is -4.43. The van der Waals surface area contributed by atoms with Crippen LogP contribution in [0.15, 0.2) is 24.3 Å². The predicted octanol–water partition coefficient (Wildman–Crippen LogP) is 4.48. The van der Waals surface area contributed by atoms with Crippen LogP contribution < -0.4 is 0 Å². The van der Waals surface area contributed by atoms with Gasteiger partial charge in [-0.25, -0.2) is 14.2 Å². The van der Waals surface area contributed by atoms with E-state index in [0.717, 1.165) is 25.7 Å². The van der Waals surface area contributed by atoms with E-state index in [4.69, 9.17) is 18.5 Å². The minimum Gasteiger partial charge on any atom is -0.457 e. The lowest BCUT2D eigenvalue weighted by molar-refractivity contribution is -0.146. The summed E-state index contributed by atoms with van der Waals surface area (Å²) < 4.78 is 32.7. The van der Waals surface area contributed by atoms with Gasteiger partial charge in [0.25, 0.3) is 0 Å². The van der Waals surface area contributed by atoms with Gasteiger partial charge in [-0.3, -0.25) is 9.05 Å². The van der Waals surface area contributed by atoms with E-state index in [-0.39, 0.29) is 24.4 Å². The van der Waals surface area contributed by atoms with Crippen molar-refractivity contribution in [3.63, 3.8) is 0 Å². The minimum atomic E-state index is -4.43. The third kappa shape index (κ3) is 13.4. The molecule has 0 fully saturated rings.